The van der Waals surface area contributed by atoms with Crippen LogP contribution in [0.15, 0.2) is 30.3 Å². The third-order valence-corrected chi connectivity index (χ3v) is 5.28. The van der Waals surface area contributed by atoms with Crippen LogP contribution in [-0.2, 0) is 0 Å². The topological polar surface area (TPSA) is 100 Å². The first kappa shape index (κ1) is 21.2. The van der Waals surface area contributed by atoms with E-state index in [9.17, 15) is 14.9 Å². The summed E-state index contributed by atoms with van der Waals surface area (Å²) in [4.78, 5) is 26.0. The van der Waals surface area contributed by atoms with Crippen LogP contribution in [0.25, 0.3) is 0 Å². The van der Waals surface area contributed by atoms with Gasteiger partial charge in [0.05, 0.1) is 33.4 Å². The Morgan fingerprint density at radius 2 is 1.70 bits per heavy atom. The number of hydrogen-bond acceptors (Lipinski definition) is 7. The Balaban J connectivity index is 1.93. The number of benzene rings is 2. The molecule has 1 atom stereocenters. The zero-order chi connectivity index (χ0) is 21.8. The Morgan fingerprint density at radius 3 is 2.23 bits per heavy atom. The number of hydrogen-bond donors (Lipinski definition) is 0. The van der Waals surface area contributed by atoms with E-state index < -0.39 is 16.5 Å². The van der Waals surface area contributed by atoms with Crippen molar-refractivity contribution >= 4 is 11.6 Å². The number of likely N-dealkylation sites (tertiary alicyclic amines) is 1. The first-order valence-corrected chi connectivity index (χ1v) is 9.35. The number of rotatable bonds is 7. The van der Waals surface area contributed by atoms with Gasteiger partial charge in [0.1, 0.15) is 11.3 Å². The summed E-state index contributed by atoms with van der Waals surface area (Å²) in [5.41, 5.74) is 0.559. The third-order valence-electron chi connectivity index (χ3n) is 5.28. The molecule has 1 aliphatic heterocycles. The molecule has 2 aromatic rings. The number of carbonyl (C=O) groups excluding carboxylic acids is 1. The average Bonchev–Trinajstić information content (AvgIpc) is 3.27. The zero-order valence-electron chi connectivity index (χ0n) is 17.3. The zero-order valence-corrected chi connectivity index (χ0v) is 17.3. The van der Waals surface area contributed by atoms with Gasteiger partial charge < -0.3 is 23.8 Å². The second kappa shape index (κ2) is 8.89. The average molecular weight is 416 g/mol. The van der Waals surface area contributed by atoms with E-state index in [0.717, 1.165) is 17.7 Å². The van der Waals surface area contributed by atoms with Gasteiger partial charge in [-0.15, -0.1) is 0 Å². The van der Waals surface area contributed by atoms with Crippen LogP contribution in [-0.4, -0.2) is 57.3 Å². The molecule has 1 aliphatic rings. The van der Waals surface area contributed by atoms with Crippen LogP contribution in [0.5, 0.6) is 23.0 Å². The van der Waals surface area contributed by atoms with Crippen molar-refractivity contribution in [2.45, 2.75) is 12.3 Å². The van der Waals surface area contributed by atoms with Crippen molar-refractivity contribution in [2.24, 2.45) is 0 Å². The molecule has 0 saturated carbocycles. The molecule has 3 rings (SSSR count). The molecule has 1 saturated heterocycles. The summed E-state index contributed by atoms with van der Waals surface area (Å²) in [6.07, 6.45) is 0.760. The quantitative estimate of drug-likeness (QED) is 0.504. The highest BCUT2D eigenvalue weighted by Gasteiger charge is 2.36. The van der Waals surface area contributed by atoms with Gasteiger partial charge in [0.25, 0.3) is 5.91 Å². The van der Waals surface area contributed by atoms with Gasteiger partial charge in [-0.05, 0) is 24.1 Å². The minimum Gasteiger partial charge on any atom is -0.497 e. The molecule has 0 bridgehead atoms. The normalized spacial score (nSPS) is 15.6. The number of carbonyl (C=O) groups is 1. The highest BCUT2D eigenvalue weighted by Crippen LogP contribution is 2.47. The molecule has 9 heteroatoms. The summed E-state index contributed by atoms with van der Waals surface area (Å²) in [6, 6.07) is 9.04. The van der Waals surface area contributed by atoms with E-state index in [1.165, 1.54) is 27.4 Å². The lowest BCUT2D eigenvalue weighted by Crippen LogP contribution is -2.29. The van der Waals surface area contributed by atoms with Crippen molar-refractivity contribution in [3.8, 4) is 23.0 Å². The molecule has 2 aromatic carbocycles. The van der Waals surface area contributed by atoms with Gasteiger partial charge in [-0.1, -0.05) is 12.1 Å². The number of nitro groups is 1. The molecule has 1 amide bonds. The Hall–Kier alpha value is -3.49. The van der Waals surface area contributed by atoms with E-state index in [2.05, 4.69) is 0 Å². The van der Waals surface area contributed by atoms with Gasteiger partial charge in [0.2, 0.25) is 11.5 Å². The second-order valence-corrected chi connectivity index (χ2v) is 6.81. The van der Waals surface area contributed by atoms with Gasteiger partial charge in [-0.2, -0.15) is 0 Å². The maximum atomic E-state index is 13.2. The standard InChI is InChI=1S/C21H24N2O7/c1-27-15-7-5-13(6-8-15)14-9-10-22(12-14)21(24)16-11-17(28-2)19(29-3)20(30-4)18(16)23(25)26/h5-8,11,14H,9-10,12H2,1-4H3. The minimum atomic E-state index is -0.634. The number of nitrogens with zero attached hydrogens (tertiary/aromatic N) is 2. The summed E-state index contributed by atoms with van der Waals surface area (Å²) >= 11 is 0. The molecule has 0 radical (unpaired) electrons. The third kappa shape index (κ3) is 3.83. The smallest absolute Gasteiger partial charge is 0.327 e. The lowest BCUT2D eigenvalue weighted by Gasteiger charge is -2.19. The number of ether oxygens (including phenoxy) is 4. The fourth-order valence-corrected chi connectivity index (χ4v) is 3.75. The Morgan fingerprint density at radius 1 is 1.03 bits per heavy atom. The van der Waals surface area contributed by atoms with E-state index in [4.69, 9.17) is 18.9 Å². The summed E-state index contributed by atoms with van der Waals surface area (Å²) in [5.74, 6) is 0.571. The van der Waals surface area contributed by atoms with Crippen molar-refractivity contribution in [3.63, 3.8) is 0 Å². The Kier molecular flexibility index (Phi) is 6.29. The maximum absolute atomic E-state index is 13.2. The largest absolute Gasteiger partial charge is 0.497 e. The molecule has 0 N–H and O–H groups in total. The summed E-state index contributed by atoms with van der Waals surface area (Å²) in [6.45, 7) is 0.947. The lowest BCUT2D eigenvalue weighted by atomic mass is 9.98. The summed E-state index contributed by atoms with van der Waals surface area (Å²) in [5, 5.41) is 11.8. The van der Waals surface area contributed by atoms with Crippen LogP contribution >= 0.6 is 0 Å². The molecular formula is C21H24N2O7. The molecule has 0 spiro atoms. The van der Waals surface area contributed by atoms with E-state index >= 15 is 0 Å². The highest BCUT2D eigenvalue weighted by atomic mass is 16.6. The predicted molar refractivity (Wildman–Crippen MR) is 109 cm³/mol. The predicted octanol–water partition coefficient (Wildman–Crippen LogP) is 3.26. The monoisotopic (exact) mass is 416 g/mol. The molecule has 9 nitrogen and oxygen atoms in total. The van der Waals surface area contributed by atoms with Gasteiger partial charge >= 0.3 is 5.69 Å². The minimum absolute atomic E-state index is 0.0702. The first-order valence-electron chi connectivity index (χ1n) is 9.35. The van der Waals surface area contributed by atoms with Crippen LogP contribution in [0, 0.1) is 10.1 Å². The fraction of sp³-hybridized carbons (Fsp3) is 0.381. The lowest BCUT2D eigenvalue weighted by molar-refractivity contribution is -0.386. The van der Waals surface area contributed by atoms with Crippen LogP contribution < -0.4 is 18.9 Å². The van der Waals surface area contributed by atoms with E-state index in [1.807, 2.05) is 24.3 Å². The Bertz CT molecular complexity index is 943. The van der Waals surface area contributed by atoms with Gasteiger partial charge in [-0.3, -0.25) is 14.9 Å². The van der Waals surface area contributed by atoms with Gasteiger partial charge in [-0.25, -0.2) is 0 Å². The molecular weight excluding hydrogens is 392 g/mol. The molecule has 30 heavy (non-hydrogen) atoms. The van der Waals surface area contributed by atoms with E-state index in [-0.39, 0.29) is 28.7 Å². The van der Waals surface area contributed by atoms with Crippen LogP contribution in [0.2, 0.25) is 0 Å². The molecule has 0 aromatic heterocycles. The van der Waals surface area contributed by atoms with Gasteiger partial charge in [0.15, 0.2) is 5.75 Å². The van der Waals surface area contributed by atoms with Crippen molar-refractivity contribution in [1.29, 1.82) is 0 Å². The van der Waals surface area contributed by atoms with Gasteiger partial charge in [0, 0.05) is 25.1 Å². The maximum Gasteiger partial charge on any atom is 0.327 e. The van der Waals surface area contributed by atoms with Crippen molar-refractivity contribution in [1.82, 2.24) is 4.90 Å². The van der Waals surface area contributed by atoms with Crippen molar-refractivity contribution in [3.05, 3.63) is 51.6 Å². The van der Waals surface area contributed by atoms with Crippen LogP contribution in [0.4, 0.5) is 5.69 Å². The van der Waals surface area contributed by atoms with E-state index in [0.29, 0.717) is 13.1 Å². The molecule has 1 heterocycles. The van der Waals surface area contributed by atoms with Crippen molar-refractivity contribution in [2.75, 3.05) is 41.5 Å². The fourth-order valence-electron chi connectivity index (χ4n) is 3.75. The highest BCUT2D eigenvalue weighted by molar-refractivity contribution is 6.01. The first-order chi connectivity index (χ1) is 14.4. The second-order valence-electron chi connectivity index (χ2n) is 6.81. The number of methoxy groups -OCH3 is 4. The van der Waals surface area contributed by atoms with Crippen LogP contribution in [0.3, 0.4) is 0 Å². The Labute approximate surface area is 174 Å². The molecule has 0 aliphatic carbocycles. The number of amides is 1. The van der Waals surface area contributed by atoms with E-state index in [1.54, 1.807) is 12.0 Å². The summed E-state index contributed by atoms with van der Waals surface area (Å²) < 4.78 is 20.9. The molecule has 1 unspecified atom stereocenters. The number of nitro benzene ring substituents is 1. The molecule has 1 fully saturated rings. The molecule has 160 valence electrons. The van der Waals surface area contributed by atoms with Crippen molar-refractivity contribution < 1.29 is 28.7 Å². The van der Waals surface area contributed by atoms with Crippen LogP contribution in [0.1, 0.15) is 28.3 Å². The SMILES string of the molecule is COc1ccc(C2CCN(C(=O)c3cc(OC)c(OC)c(OC)c3[N+](=O)[O-])C2)cc1. The summed E-state index contributed by atoms with van der Waals surface area (Å²) in [7, 11) is 5.64.